The lowest BCUT2D eigenvalue weighted by Gasteiger charge is -2.23. The minimum absolute atomic E-state index is 0.0198. The van der Waals surface area contributed by atoms with E-state index in [4.69, 9.17) is 4.74 Å². The van der Waals surface area contributed by atoms with Gasteiger partial charge in [0, 0.05) is 18.5 Å². The second kappa shape index (κ2) is 15.0. The van der Waals surface area contributed by atoms with Gasteiger partial charge in [-0.2, -0.15) is 0 Å². The summed E-state index contributed by atoms with van der Waals surface area (Å²) in [5, 5.41) is 8.47. The lowest BCUT2D eigenvalue weighted by molar-refractivity contribution is -0.140. The number of amides is 2. The van der Waals surface area contributed by atoms with Crippen LogP contribution in [0, 0.1) is 0 Å². The Balaban J connectivity index is 2.43. The van der Waals surface area contributed by atoms with E-state index < -0.39 is 17.7 Å². The van der Waals surface area contributed by atoms with E-state index in [0.717, 1.165) is 6.42 Å². The van der Waals surface area contributed by atoms with Crippen molar-refractivity contribution >= 4 is 23.8 Å². The third kappa shape index (κ3) is 13.3. The number of benzene rings is 1. The first-order valence-electron chi connectivity index (χ1n) is 11.3. The molecular weight excluding hydrogens is 426 g/mol. The second-order valence-corrected chi connectivity index (χ2v) is 8.63. The van der Waals surface area contributed by atoms with Crippen LogP contribution in [0.15, 0.2) is 30.3 Å². The van der Waals surface area contributed by atoms with Gasteiger partial charge < -0.3 is 25.4 Å². The number of Topliss-reactive ketones (excluding diaryl/α,β-unsaturated/α-hetero) is 1. The highest BCUT2D eigenvalue weighted by Crippen LogP contribution is 2.08. The van der Waals surface area contributed by atoms with Gasteiger partial charge in [-0.05, 0) is 53.0 Å². The summed E-state index contributed by atoms with van der Waals surface area (Å²) in [6, 6.07) is 8.31. The predicted molar refractivity (Wildman–Crippen MR) is 125 cm³/mol. The average molecular weight is 464 g/mol. The zero-order valence-electron chi connectivity index (χ0n) is 20.1. The van der Waals surface area contributed by atoms with Crippen LogP contribution in [-0.2, 0) is 19.1 Å². The van der Waals surface area contributed by atoms with Gasteiger partial charge in [-0.3, -0.25) is 14.4 Å². The van der Waals surface area contributed by atoms with Crippen LogP contribution >= 0.6 is 0 Å². The topological polar surface area (TPSA) is 123 Å². The van der Waals surface area contributed by atoms with E-state index in [1.165, 1.54) is 7.11 Å². The Morgan fingerprint density at radius 3 is 2.30 bits per heavy atom. The van der Waals surface area contributed by atoms with Crippen molar-refractivity contribution in [3.05, 3.63) is 35.9 Å². The third-order valence-corrected chi connectivity index (χ3v) is 4.57. The lowest BCUT2D eigenvalue weighted by atomic mass is 10.1. The molecule has 0 saturated carbocycles. The molecule has 184 valence electrons. The quantitative estimate of drug-likeness (QED) is 0.220. The van der Waals surface area contributed by atoms with Crippen LogP contribution in [0.5, 0.6) is 0 Å². The molecule has 2 amide bonds. The van der Waals surface area contributed by atoms with Crippen molar-refractivity contribution in [2.24, 2.45) is 0 Å². The Kier molecular flexibility index (Phi) is 12.8. The minimum atomic E-state index is -0.760. The Bertz CT molecular complexity index is 761. The highest BCUT2D eigenvalue weighted by atomic mass is 16.6. The Labute approximate surface area is 196 Å². The summed E-state index contributed by atoms with van der Waals surface area (Å²) in [4.78, 5) is 48.0. The second-order valence-electron chi connectivity index (χ2n) is 8.63. The van der Waals surface area contributed by atoms with E-state index in [2.05, 4.69) is 20.7 Å². The minimum Gasteiger partial charge on any atom is -0.469 e. The van der Waals surface area contributed by atoms with Crippen LogP contribution in [0.4, 0.5) is 4.79 Å². The van der Waals surface area contributed by atoms with Gasteiger partial charge in [-0.25, -0.2) is 4.79 Å². The van der Waals surface area contributed by atoms with Gasteiger partial charge >= 0.3 is 12.1 Å². The molecule has 0 fully saturated rings. The van der Waals surface area contributed by atoms with E-state index in [-0.39, 0.29) is 30.6 Å². The summed E-state index contributed by atoms with van der Waals surface area (Å²) in [5.74, 6) is -0.657. The van der Waals surface area contributed by atoms with Crippen LogP contribution in [-0.4, -0.2) is 62.1 Å². The van der Waals surface area contributed by atoms with Gasteiger partial charge in [0.05, 0.1) is 13.7 Å². The fraction of sp³-hybridized carbons (Fsp3) is 0.583. The smallest absolute Gasteiger partial charge is 0.408 e. The molecule has 0 aromatic heterocycles. The Hall–Kier alpha value is -2.94. The molecule has 9 nitrogen and oxygen atoms in total. The van der Waals surface area contributed by atoms with Crippen molar-refractivity contribution in [3.8, 4) is 0 Å². The molecule has 33 heavy (non-hydrogen) atoms. The maximum absolute atomic E-state index is 12.6. The summed E-state index contributed by atoms with van der Waals surface area (Å²) in [5.41, 5.74) is -0.0172. The summed E-state index contributed by atoms with van der Waals surface area (Å²) in [7, 11) is 1.31. The zero-order chi connectivity index (χ0) is 24.7. The van der Waals surface area contributed by atoms with E-state index in [1.807, 2.05) is 18.2 Å². The first-order chi connectivity index (χ1) is 15.6. The molecular formula is C24H37N3O6. The van der Waals surface area contributed by atoms with Crippen LogP contribution in [0.2, 0.25) is 0 Å². The number of unbranched alkanes of at least 4 members (excludes halogenated alkanes) is 1. The molecule has 0 aliphatic rings. The van der Waals surface area contributed by atoms with E-state index in [0.29, 0.717) is 37.9 Å². The van der Waals surface area contributed by atoms with Crippen LogP contribution < -0.4 is 16.0 Å². The molecule has 0 saturated heterocycles. The SMILES string of the molecule is COC(=O)CCCNC(=O)C(CCCCNCC(=O)c1ccccc1)NC(=O)OC(C)(C)C. The first kappa shape index (κ1) is 28.1. The average Bonchev–Trinajstić information content (AvgIpc) is 2.76. The molecule has 0 heterocycles. The maximum Gasteiger partial charge on any atom is 0.408 e. The molecule has 1 atom stereocenters. The van der Waals surface area contributed by atoms with Gasteiger partial charge in [-0.1, -0.05) is 30.3 Å². The summed E-state index contributed by atoms with van der Waals surface area (Å²) >= 11 is 0. The summed E-state index contributed by atoms with van der Waals surface area (Å²) in [6.07, 6.45) is 1.78. The molecule has 0 radical (unpaired) electrons. The van der Waals surface area contributed by atoms with Crippen molar-refractivity contribution in [2.75, 3.05) is 26.7 Å². The number of hydrogen-bond acceptors (Lipinski definition) is 7. The maximum atomic E-state index is 12.6. The number of ketones is 1. The number of esters is 1. The van der Waals surface area contributed by atoms with Gasteiger partial charge in [-0.15, -0.1) is 0 Å². The van der Waals surface area contributed by atoms with E-state index >= 15 is 0 Å². The summed E-state index contributed by atoms with van der Waals surface area (Å²) in [6.45, 7) is 6.39. The van der Waals surface area contributed by atoms with E-state index in [9.17, 15) is 19.2 Å². The lowest BCUT2D eigenvalue weighted by Crippen LogP contribution is -2.48. The highest BCUT2D eigenvalue weighted by Gasteiger charge is 2.24. The van der Waals surface area contributed by atoms with Gasteiger partial charge in [0.1, 0.15) is 11.6 Å². The number of methoxy groups -OCH3 is 1. The number of rotatable bonds is 14. The Morgan fingerprint density at radius 2 is 1.67 bits per heavy atom. The molecule has 1 aromatic rings. The Morgan fingerprint density at radius 1 is 0.970 bits per heavy atom. The van der Waals surface area contributed by atoms with Crippen molar-refractivity contribution in [3.63, 3.8) is 0 Å². The fourth-order valence-corrected chi connectivity index (χ4v) is 2.91. The standard InChI is InChI=1S/C24H37N3O6/c1-24(2,3)33-23(31)27-19(22(30)26-16-10-14-21(29)32-4)13-8-9-15-25-17-20(28)18-11-6-5-7-12-18/h5-7,11-12,19,25H,8-10,13-17H2,1-4H3,(H,26,30)(H,27,31). The number of ether oxygens (including phenoxy) is 2. The highest BCUT2D eigenvalue weighted by molar-refractivity contribution is 5.97. The monoisotopic (exact) mass is 463 g/mol. The molecule has 0 aliphatic heterocycles. The largest absolute Gasteiger partial charge is 0.469 e. The van der Waals surface area contributed by atoms with Crippen LogP contribution in [0.1, 0.15) is 63.2 Å². The molecule has 0 spiro atoms. The number of nitrogens with one attached hydrogen (secondary N) is 3. The van der Waals surface area contributed by atoms with Gasteiger partial charge in [0.25, 0.3) is 0 Å². The molecule has 1 unspecified atom stereocenters. The molecule has 1 rings (SSSR count). The van der Waals surface area contributed by atoms with Crippen molar-refractivity contribution in [1.29, 1.82) is 0 Å². The first-order valence-corrected chi connectivity index (χ1v) is 11.3. The predicted octanol–water partition coefficient (Wildman–Crippen LogP) is 2.59. The molecule has 0 bridgehead atoms. The van der Waals surface area contributed by atoms with Gasteiger partial charge in [0.15, 0.2) is 5.78 Å². The number of hydrogen-bond donors (Lipinski definition) is 3. The number of alkyl carbamates (subject to hydrolysis) is 1. The van der Waals surface area contributed by atoms with Crippen molar-refractivity contribution < 1.29 is 28.7 Å². The number of carbonyl (C=O) groups is 4. The molecule has 1 aromatic carbocycles. The van der Waals surface area contributed by atoms with Crippen LogP contribution in [0.25, 0.3) is 0 Å². The summed E-state index contributed by atoms with van der Waals surface area (Å²) < 4.78 is 9.84. The zero-order valence-corrected chi connectivity index (χ0v) is 20.1. The van der Waals surface area contributed by atoms with E-state index in [1.54, 1.807) is 32.9 Å². The van der Waals surface area contributed by atoms with Crippen LogP contribution in [0.3, 0.4) is 0 Å². The van der Waals surface area contributed by atoms with Gasteiger partial charge in [0.2, 0.25) is 5.91 Å². The van der Waals surface area contributed by atoms with Crippen molar-refractivity contribution in [1.82, 2.24) is 16.0 Å². The number of carbonyl (C=O) groups excluding carboxylic acids is 4. The normalized spacial score (nSPS) is 11.9. The van der Waals surface area contributed by atoms with Crippen molar-refractivity contribution in [2.45, 2.75) is 64.5 Å². The fourth-order valence-electron chi connectivity index (χ4n) is 2.91. The molecule has 0 aliphatic carbocycles. The molecule has 9 heteroatoms. The molecule has 3 N–H and O–H groups in total. The third-order valence-electron chi connectivity index (χ3n) is 4.57.